The van der Waals surface area contributed by atoms with Gasteiger partial charge in [0.15, 0.2) is 0 Å². The molecule has 5 rings (SSSR count). The molecule has 1 aromatic carbocycles. The van der Waals surface area contributed by atoms with E-state index in [1.165, 1.54) is 16.7 Å². The zero-order chi connectivity index (χ0) is 22.5. The molecule has 1 aromatic heterocycles. The molecule has 0 radical (unpaired) electrons. The van der Waals surface area contributed by atoms with Crippen LogP contribution in [0.2, 0.25) is 0 Å². The Morgan fingerprint density at radius 1 is 1.12 bits per heavy atom. The molecule has 176 valence electrons. The average molecular weight is 451 g/mol. The van der Waals surface area contributed by atoms with Gasteiger partial charge in [0.25, 0.3) is 0 Å². The molecule has 0 spiro atoms. The summed E-state index contributed by atoms with van der Waals surface area (Å²) in [5.74, 6) is 3.56. The van der Waals surface area contributed by atoms with Crippen LogP contribution in [0.4, 0.5) is 17.6 Å². The highest BCUT2D eigenvalue weighted by atomic mass is 16.5. The van der Waals surface area contributed by atoms with Gasteiger partial charge in [0, 0.05) is 45.8 Å². The molecule has 0 amide bonds. The number of nitrogens with one attached hydrogen (secondary N) is 2. The molecule has 3 aliphatic heterocycles. The zero-order valence-corrected chi connectivity index (χ0v) is 19.5. The first-order valence-corrected chi connectivity index (χ1v) is 12.1. The van der Waals surface area contributed by atoms with Crippen LogP contribution in [0.3, 0.4) is 0 Å². The molecule has 33 heavy (non-hydrogen) atoms. The predicted octanol–water partition coefficient (Wildman–Crippen LogP) is 3.23. The van der Waals surface area contributed by atoms with Crippen molar-refractivity contribution in [3.8, 4) is 5.75 Å². The van der Waals surface area contributed by atoms with Gasteiger partial charge in [-0.3, -0.25) is 4.90 Å². The number of nitrogens with zero attached hydrogens (tertiary/aromatic N) is 4. The molecular weight excluding hydrogens is 416 g/mol. The number of ether oxygens (including phenoxy) is 2. The summed E-state index contributed by atoms with van der Waals surface area (Å²) < 4.78 is 10.8. The van der Waals surface area contributed by atoms with Crippen LogP contribution in [-0.2, 0) is 11.3 Å². The first-order chi connectivity index (χ1) is 16.3. The fraction of sp³-hybridized carbons (Fsp3) is 0.520. The Morgan fingerprint density at radius 3 is 2.79 bits per heavy atom. The van der Waals surface area contributed by atoms with Gasteiger partial charge in [-0.2, -0.15) is 9.97 Å². The Morgan fingerprint density at radius 2 is 1.97 bits per heavy atom. The highest BCUT2D eigenvalue weighted by Crippen LogP contribution is 2.40. The predicted molar refractivity (Wildman–Crippen MR) is 132 cm³/mol. The summed E-state index contributed by atoms with van der Waals surface area (Å²) in [6.45, 7) is 8.10. The van der Waals surface area contributed by atoms with Crippen LogP contribution < -0.4 is 20.3 Å². The molecule has 0 atom stereocenters. The maximum atomic E-state index is 5.46. The number of hydrogen-bond donors (Lipinski definition) is 2. The minimum Gasteiger partial charge on any atom is -0.497 e. The average Bonchev–Trinajstić information content (AvgIpc) is 2.84. The van der Waals surface area contributed by atoms with E-state index in [0.717, 1.165) is 95.7 Å². The molecule has 3 aliphatic rings. The number of hydrogen-bond acceptors (Lipinski definition) is 8. The van der Waals surface area contributed by atoms with Gasteiger partial charge in [-0.25, -0.2) is 0 Å². The van der Waals surface area contributed by atoms with Gasteiger partial charge >= 0.3 is 0 Å². The fourth-order valence-electron chi connectivity index (χ4n) is 4.71. The number of anilines is 3. The van der Waals surface area contributed by atoms with Crippen molar-refractivity contribution in [1.29, 1.82) is 0 Å². The molecule has 0 unspecified atom stereocenters. The third-order valence-electron chi connectivity index (χ3n) is 6.57. The van der Waals surface area contributed by atoms with Gasteiger partial charge in [-0.1, -0.05) is 18.2 Å². The van der Waals surface area contributed by atoms with Gasteiger partial charge in [-0.05, 0) is 42.5 Å². The summed E-state index contributed by atoms with van der Waals surface area (Å²) in [5, 5.41) is 7.07. The second-order valence-electron chi connectivity index (χ2n) is 8.79. The molecule has 1 saturated heterocycles. The Labute approximate surface area is 196 Å². The largest absolute Gasteiger partial charge is 0.497 e. The first-order valence-electron chi connectivity index (χ1n) is 12.1. The standard InChI is InChI=1S/C25H34N6O2/c1-32-21-7-5-19(6-8-21)18-31-12-9-20-4-2-3-10-26-23-22(20)24(31)29-25(28-23)27-11-13-30-14-16-33-17-15-30/h4-8H,2-3,9-18H2,1H3,(H2,26,27,28,29)/b20-4+. The van der Waals surface area contributed by atoms with Crippen LogP contribution in [0, 0.1) is 0 Å². The Kier molecular flexibility index (Phi) is 6.92. The second kappa shape index (κ2) is 10.4. The summed E-state index contributed by atoms with van der Waals surface area (Å²) in [7, 11) is 1.70. The molecule has 0 bridgehead atoms. The third kappa shape index (κ3) is 5.23. The second-order valence-corrected chi connectivity index (χ2v) is 8.79. The Balaban J connectivity index is 1.39. The highest BCUT2D eigenvalue weighted by Gasteiger charge is 2.27. The molecule has 8 nitrogen and oxygen atoms in total. The number of morpholine rings is 1. The van der Waals surface area contributed by atoms with E-state index in [-0.39, 0.29) is 0 Å². The van der Waals surface area contributed by atoms with E-state index in [0.29, 0.717) is 5.95 Å². The smallest absolute Gasteiger partial charge is 0.226 e. The lowest BCUT2D eigenvalue weighted by Gasteiger charge is -2.34. The van der Waals surface area contributed by atoms with Gasteiger partial charge in [0.2, 0.25) is 5.95 Å². The Hall–Kier alpha value is -2.84. The topological polar surface area (TPSA) is 74.8 Å². The van der Waals surface area contributed by atoms with E-state index in [1.54, 1.807) is 7.11 Å². The van der Waals surface area contributed by atoms with E-state index in [1.807, 2.05) is 12.1 Å². The maximum absolute atomic E-state index is 5.46. The summed E-state index contributed by atoms with van der Waals surface area (Å²) in [6.07, 6.45) is 5.63. The van der Waals surface area contributed by atoms with Gasteiger partial charge in [-0.15, -0.1) is 0 Å². The summed E-state index contributed by atoms with van der Waals surface area (Å²) >= 11 is 0. The van der Waals surface area contributed by atoms with Crippen LogP contribution in [0.25, 0.3) is 5.57 Å². The number of benzene rings is 1. The van der Waals surface area contributed by atoms with E-state index < -0.39 is 0 Å². The number of methoxy groups -OCH3 is 1. The monoisotopic (exact) mass is 450 g/mol. The first kappa shape index (κ1) is 22.0. The van der Waals surface area contributed by atoms with Crippen molar-refractivity contribution < 1.29 is 9.47 Å². The van der Waals surface area contributed by atoms with Crippen LogP contribution in [-0.4, -0.2) is 74.5 Å². The lowest BCUT2D eigenvalue weighted by Crippen LogP contribution is -2.39. The Bertz CT molecular complexity index is 972. The highest BCUT2D eigenvalue weighted by molar-refractivity contribution is 5.85. The van der Waals surface area contributed by atoms with Crippen LogP contribution in [0.15, 0.2) is 30.3 Å². The maximum Gasteiger partial charge on any atom is 0.226 e. The summed E-state index contributed by atoms with van der Waals surface area (Å²) in [6, 6.07) is 8.31. The molecule has 8 heteroatoms. The lowest BCUT2D eigenvalue weighted by atomic mass is 9.96. The van der Waals surface area contributed by atoms with Crippen molar-refractivity contribution in [3.63, 3.8) is 0 Å². The zero-order valence-electron chi connectivity index (χ0n) is 19.5. The number of rotatable bonds is 7. The molecule has 0 saturated carbocycles. The summed E-state index contributed by atoms with van der Waals surface area (Å²) in [5.41, 5.74) is 3.79. The molecule has 2 aromatic rings. The summed E-state index contributed by atoms with van der Waals surface area (Å²) in [4.78, 5) is 14.7. The van der Waals surface area contributed by atoms with Gasteiger partial charge < -0.3 is 25.0 Å². The van der Waals surface area contributed by atoms with Crippen molar-refractivity contribution in [2.75, 3.05) is 75.1 Å². The van der Waals surface area contributed by atoms with Gasteiger partial charge in [0.1, 0.15) is 17.4 Å². The van der Waals surface area contributed by atoms with Crippen molar-refractivity contribution in [2.24, 2.45) is 0 Å². The number of aromatic nitrogens is 2. The van der Waals surface area contributed by atoms with E-state index in [9.17, 15) is 0 Å². The van der Waals surface area contributed by atoms with Gasteiger partial charge in [0.05, 0.1) is 25.9 Å². The number of allylic oxidation sites excluding steroid dienone is 1. The minimum absolute atomic E-state index is 0.700. The van der Waals surface area contributed by atoms with Crippen LogP contribution >= 0.6 is 0 Å². The van der Waals surface area contributed by atoms with Crippen molar-refractivity contribution >= 4 is 23.2 Å². The third-order valence-corrected chi connectivity index (χ3v) is 6.57. The van der Waals surface area contributed by atoms with Crippen LogP contribution in [0.5, 0.6) is 5.75 Å². The SMILES string of the molecule is COc1ccc(CN2CC/C3=C\CCCNc4nc(NCCN5CCOCC5)nc2c43)cc1. The van der Waals surface area contributed by atoms with Crippen molar-refractivity contribution in [3.05, 3.63) is 41.5 Å². The molecule has 0 aliphatic carbocycles. The van der Waals surface area contributed by atoms with E-state index in [4.69, 9.17) is 19.4 Å². The molecule has 2 N–H and O–H groups in total. The minimum atomic E-state index is 0.700. The molecular formula is C25H34N6O2. The fourth-order valence-corrected chi connectivity index (χ4v) is 4.71. The molecule has 4 heterocycles. The van der Waals surface area contributed by atoms with Crippen LogP contribution in [0.1, 0.15) is 30.4 Å². The quantitative estimate of drug-likeness (QED) is 0.666. The molecule has 1 fully saturated rings. The van der Waals surface area contributed by atoms with Crippen molar-refractivity contribution in [2.45, 2.75) is 25.8 Å². The van der Waals surface area contributed by atoms with E-state index >= 15 is 0 Å². The lowest BCUT2D eigenvalue weighted by molar-refractivity contribution is 0.0398. The van der Waals surface area contributed by atoms with E-state index in [2.05, 4.69) is 38.6 Å². The van der Waals surface area contributed by atoms with Crippen molar-refractivity contribution in [1.82, 2.24) is 14.9 Å². The normalized spacial score (nSPS) is 20.0.